The van der Waals surface area contributed by atoms with Crippen LogP contribution in [0.4, 0.5) is 10.1 Å². The second-order valence-corrected chi connectivity index (χ2v) is 7.73. The number of nitrogens with zero attached hydrogens (tertiary/aromatic N) is 1. The number of rotatable bonds is 6. The van der Waals surface area contributed by atoms with Crippen LogP contribution in [0.3, 0.4) is 0 Å². The summed E-state index contributed by atoms with van der Waals surface area (Å²) in [7, 11) is 0. The Morgan fingerprint density at radius 3 is 2.60 bits per heavy atom. The maximum Gasteiger partial charge on any atom is 0.222 e. The minimum Gasteiger partial charge on any atom is -0.489 e. The van der Waals surface area contributed by atoms with Crippen molar-refractivity contribution < 1.29 is 13.9 Å². The van der Waals surface area contributed by atoms with Gasteiger partial charge in [0.15, 0.2) is 0 Å². The van der Waals surface area contributed by atoms with E-state index in [2.05, 4.69) is 10.2 Å². The molecule has 0 aromatic heterocycles. The van der Waals surface area contributed by atoms with Gasteiger partial charge in [0.2, 0.25) is 5.91 Å². The lowest BCUT2D eigenvalue weighted by molar-refractivity contribution is -0.121. The summed E-state index contributed by atoms with van der Waals surface area (Å²) in [5, 5.41) is 3.62. The van der Waals surface area contributed by atoms with Gasteiger partial charge in [-0.15, -0.1) is 0 Å². The van der Waals surface area contributed by atoms with Gasteiger partial charge >= 0.3 is 0 Å². The van der Waals surface area contributed by atoms with Crippen LogP contribution in [0.1, 0.15) is 17.5 Å². The molecule has 4 rings (SSSR count). The van der Waals surface area contributed by atoms with Crippen LogP contribution in [0, 0.1) is 5.82 Å². The first-order valence-electron chi connectivity index (χ1n) is 9.82. The second-order valence-electron chi connectivity index (χ2n) is 7.30. The minimum absolute atomic E-state index is 0.0674. The molecule has 0 fully saturated rings. The number of benzene rings is 3. The molecular formula is C24H22ClFN2O2. The second kappa shape index (κ2) is 9.18. The Morgan fingerprint density at radius 1 is 1.07 bits per heavy atom. The van der Waals surface area contributed by atoms with Crippen molar-refractivity contribution in [3.8, 4) is 5.75 Å². The summed E-state index contributed by atoms with van der Waals surface area (Å²) in [4.78, 5) is 14.8. The fourth-order valence-electron chi connectivity index (χ4n) is 3.57. The van der Waals surface area contributed by atoms with Crippen molar-refractivity contribution in [3.63, 3.8) is 0 Å². The first kappa shape index (κ1) is 20.2. The fraction of sp³-hybridized carbons (Fsp3) is 0.208. The molecule has 0 bridgehead atoms. The molecule has 0 radical (unpaired) electrons. The Kier molecular flexibility index (Phi) is 6.19. The van der Waals surface area contributed by atoms with Crippen molar-refractivity contribution in [3.05, 3.63) is 94.8 Å². The van der Waals surface area contributed by atoms with Crippen molar-refractivity contribution in [2.24, 2.45) is 0 Å². The summed E-state index contributed by atoms with van der Waals surface area (Å²) in [5.74, 6) is 0.0958. The van der Waals surface area contributed by atoms with Gasteiger partial charge in [0.1, 0.15) is 18.2 Å². The number of ether oxygens (including phenoxy) is 1. The van der Waals surface area contributed by atoms with E-state index in [9.17, 15) is 9.18 Å². The molecule has 1 aliphatic rings. The molecule has 1 heterocycles. The van der Waals surface area contributed by atoms with Crippen LogP contribution >= 0.6 is 11.6 Å². The molecule has 1 amide bonds. The van der Waals surface area contributed by atoms with Crippen LogP contribution in [0.2, 0.25) is 5.02 Å². The van der Waals surface area contributed by atoms with Crippen LogP contribution in [0.25, 0.3) is 0 Å². The molecular weight excluding hydrogens is 403 g/mol. The number of halogens is 2. The van der Waals surface area contributed by atoms with Gasteiger partial charge in [0.05, 0.1) is 18.2 Å². The van der Waals surface area contributed by atoms with E-state index in [0.29, 0.717) is 30.5 Å². The first-order chi connectivity index (χ1) is 14.6. The molecule has 3 aromatic carbocycles. The highest BCUT2D eigenvalue weighted by atomic mass is 35.5. The van der Waals surface area contributed by atoms with Crippen LogP contribution in [0.5, 0.6) is 5.75 Å². The Morgan fingerprint density at radius 2 is 1.83 bits per heavy atom. The maximum absolute atomic E-state index is 13.7. The fourth-order valence-corrected chi connectivity index (χ4v) is 3.69. The summed E-state index contributed by atoms with van der Waals surface area (Å²) in [6.07, 6.45) is 0.275. The van der Waals surface area contributed by atoms with Crippen molar-refractivity contribution in [1.82, 2.24) is 5.32 Å². The number of nitrogens with one attached hydrogen (secondary N) is 1. The zero-order valence-corrected chi connectivity index (χ0v) is 17.1. The predicted molar refractivity (Wildman–Crippen MR) is 116 cm³/mol. The first-order valence-corrected chi connectivity index (χ1v) is 10.2. The molecule has 1 atom stereocenters. The van der Waals surface area contributed by atoms with E-state index in [1.807, 2.05) is 42.5 Å². The summed E-state index contributed by atoms with van der Waals surface area (Å²) in [5.41, 5.74) is 2.89. The highest BCUT2D eigenvalue weighted by molar-refractivity contribution is 6.30. The predicted octanol–water partition coefficient (Wildman–Crippen LogP) is 4.95. The Bertz CT molecular complexity index is 1010. The van der Waals surface area contributed by atoms with E-state index >= 15 is 0 Å². The zero-order chi connectivity index (χ0) is 20.9. The number of carbonyl (C=O) groups excluding carboxylic acids is 1. The molecule has 4 nitrogen and oxygen atoms in total. The molecule has 0 saturated heterocycles. The number of anilines is 1. The summed E-state index contributed by atoms with van der Waals surface area (Å²) < 4.78 is 19.5. The molecule has 0 saturated carbocycles. The number of carbonyl (C=O) groups is 1. The van der Waals surface area contributed by atoms with Crippen LogP contribution in [-0.4, -0.2) is 18.6 Å². The molecule has 0 unspecified atom stereocenters. The van der Waals surface area contributed by atoms with Gasteiger partial charge in [-0.25, -0.2) is 4.39 Å². The SMILES string of the molecule is O=C(C[C@H]1COc2cc(F)ccc2N1Cc1ccccc1)NCc1ccc(Cl)cc1. The van der Waals surface area contributed by atoms with Gasteiger partial charge in [0.25, 0.3) is 0 Å². The lowest BCUT2D eigenvalue weighted by Gasteiger charge is -2.38. The summed E-state index contributed by atoms with van der Waals surface area (Å²) in [6, 6.07) is 21.8. The third-order valence-electron chi connectivity index (χ3n) is 5.12. The highest BCUT2D eigenvalue weighted by Crippen LogP contribution is 2.36. The third-order valence-corrected chi connectivity index (χ3v) is 5.37. The molecule has 154 valence electrons. The van der Waals surface area contributed by atoms with E-state index in [0.717, 1.165) is 16.8 Å². The van der Waals surface area contributed by atoms with Gasteiger partial charge in [0, 0.05) is 24.2 Å². The van der Waals surface area contributed by atoms with Gasteiger partial charge in [-0.1, -0.05) is 54.1 Å². The Balaban J connectivity index is 1.48. The average Bonchev–Trinajstić information content (AvgIpc) is 2.75. The summed E-state index contributed by atoms with van der Waals surface area (Å²) >= 11 is 5.91. The van der Waals surface area contributed by atoms with E-state index < -0.39 is 0 Å². The van der Waals surface area contributed by atoms with Crippen molar-refractivity contribution in [1.29, 1.82) is 0 Å². The Hall–Kier alpha value is -3.05. The van der Waals surface area contributed by atoms with Gasteiger partial charge in [-0.05, 0) is 35.4 Å². The number of hydrogen-bond donors (Lipinski definition) is 1. The third kappa shape index (κ3) is 4.92. The molecule has 30 heavy (non-hydrogen) atoms. The topological polar surface area (TPSA) is 41.6 Å². The smallest absolute Gasteiger partial charge is 0.222 e. The normalized spacial score (nSPS) is 15.3. The minimum atomic E-state index is -0.340. The number of fused-ring (bicyclic) bond motifs is 1. The van der Waals surface area contributed by atoms with E-state index in [4.69, 9.17) is 16.3 Å². The molecule has 3 aromatic rings. The number of hydrogen-bond acceptors (Lipinski definition) is 3. The van der Waals surface area contributed by atoms with Crippen LogP contribution < -0.4 is 15.0 Å². The maximum atomic E-state index is 13.7. The highest BCUT2D eigenvalue weighted by Gasteiger charge is 2.29. The molecule has 0 spiro atoms. The van der Waals surface area contributed by atoms with Crippen LogP contribution in [-0.2, 0) is 17.9 Å². The van der Waals surface area contributed by atoms with Gasteiger partial charge < -0.3 is 15.0 Å². The van der Waals surface area contributed by atoms with Gasteiger partial charge in [-0.2, -0.15) is 0 Å². The van der Waals surface area contributed by atoms with E-state index in [1.54, 1.807) is 18.2 Å². The monoisotopic (exact) mass is 424 g/mol. The summed E-state index contributed by atoms with van der Waals surface area (Å²) in [6.45, 7) is 1.36. The lowest BCUT2D eigenvalue weighted by atomic mass is 10.1. The zero-order valence-electron chi connectivity index (χ0n) is 16.4. The Labute approximate surface area is 180 Å². The van der Waals surface area contributed by atoms with Crippen molar-refractivity contribution >= 4 is 23.2 Å². The van der Waals surface area contributed by atoms with Crippen molar-refractivity contribution in [2.75, 3.05) is 11.5 Å². The number of amides is 1. The molecule has 6 heteroatoms. The molecule has 1 aliphatic heterocycles. The van der Waals surface area contributed by atoms with E-state index in [-0.39, 0.29) is 24.2 Å². The van der Waals surface area contributed by atoms with Gasteiger partial charge in [-0.3, -0.25) is 4.79 Å². The molecule has 1 N–H and O–H groups in total. The van der Waals surface area contributed by atoms with E-state index in [1.165, 1.54) is 12.1 Å². The largest absolute Gasteiger partial charge is 0.489 e. The quantitative estimate of drug-likeness (QED) is 0.608. The average molecular weight is 425 g/mol. The van der Waals surface area contributed by atoms with Crippen LogP contribution in [0.15, 0.2) is 72.8 Å². The molecule has 0 aliphatic carbocycles. The standard InChI is InChI=1S/C24H22ClFN2O2/c25-19-8-6-17(7-9-19)14-27-24(29)13-21-16-30-23-12-20(26)10-11-22(23)28(21)15-18-4-2-1-3-5-18/h1-12,21H,13-16H2,(H,27,29)/t21-/m0/s1. The lowest BCUT2D eigenvalue weighted by Crippen LogP contribution is -2.45. The van der Waals surface area contributed by atoms with Crippen molar-refractivity contribution in [2.45, 2.75) is 25.6 Å².